The summed E-state index contributed by atoms with van der Waals surface area (Å²) in [5.74, 6) is -3.00. The molecule has 0 nitrogen and oxygen atoms in total. The maximum Gasteiger partial charge on any atom is 0.161 e. The summed E-state index contributed by atoms with van der Waals surface area (Å²) in [6.07, 6.45) is 0. The van der Waals surface area contributed by atoms with Crippen molar-refractivity contribution >= 4 is 38.5 Å². The van der Waals surface area contributed by atoms with Crippen molar-refractivity contribution in [1.82, 2.24) is 0 Å². The molecule has 0 fully saturated rings. The lowest BCUT2D eigenvalue weighted by Crippen LogP contribution is -2.02. The van der Waals surface area contributed by atoms with E-state index in [1.54, 1.807) is 0 Å². The van der Waals surface area contributed by atoms with E-state index < -0.39 is 22.3 Å². The van der Waals surface area contributed by atoms with Gasteiger partial charge in [0, 0.05) is 15.2 Å². The zero-order chi connectivity index (χ0) is 14.2. The van der Waals surface area contributed by atoms with E-state index in [0.717, 1.165) is 20.8 Å². The molecule has 2 rings (SSSR count). The molecular weight excluding hydrogens is 432 g/mol. The van der Waals surface area contributed by atoms with E-state index in [-0.39, 0.29) is 5.56 Å². The van der Waals surface area contributed by atoms with Crippen molar-refractivity contribution in [3.8, 4) is 0 Å². The van der Waals surface area contributed by atoms with Crippen LogP contribution in [0.25, 0.3) is 0 Å². The maximum atomic E-state index is 13.8. The van der Waals surface area contributed by atoms with Crippen LogP contribution in [0, 0.1) is 27.9 Å². The molecule has 0 spiro atoms. The predicted octanol–water partition coefficient (Wildman–Crippen LogP) is 5.50. The van der Waals surface area contributed by atoms with Crippen LogP contribution in [-0.2, 0) is 0 Å². The number of hydrogen-bond acceptors (Lipinski definition) is 0. The molecule has 0 aliphatic rings. The topological polar surface area (TPSA) is 0 Å². The Morgan fingerprint density at radius 1 is 1.00 bits per heavy atom. The van der Waals surface area contributed by atoms with Gasteiger partial charge >= 0.3 is 0 Å². The molecule has 19 heavy (non-hydrogen) atoms. The molecule has 2 aromatic rings. The van der Waals surface area contributed by atoms with E-state index in [1.807, 2.05) is 25.1 Å². The SMILES string of the molecule is Cc1cccc(C(Br)c2cc(F)c(F)cc2F)c1I. The molecule has 0 N–H and O–H groups in total. The van der Waals surface area contributed by atoms with E-state index in [2.05, 4.69) is 38.5 Å². The van der Waals surface area contributed by atoms with Gasteiger partial charge in [-0.2, -0.15) is 0 Å². The molecule has 1 unspecified atom stereocenters. The third-order valence-electron chi connectivity index (χ3n) is 2.81. The minimum Gasteiger partial charge on any atom is -0.207 e. The van der Waals surface area contributed by atoms with Gasteiger partial charge in [0.2, 0.25) is 0 Å². The Hall–Kier alpha value is -0.560. The average Bonchev–Trinajstić information content (AvgIpc) is 2.36. The Kier molecular flexibility index (Phi) is 4.55. The third kappa shape index (κ3) is 2.97. The molecule has 0 saturated heterocycles. The Bertz CT molecular complexity index is 628. The van der Waals surface area contributed by atoms with Gasteiger partial charge in [-0.3, -0.25) is 0 Å². The molecule has 0 bridgehead atoms. The van der Waals surface area contributed by atoms with Crippen molar-refractivity contribution in [2.75, 3.05) is 0 Å². The quantitative estimate of drug-likeness (QED) is 0.328. The highest BCUT2D eigenvalue weighted by atomic mass is 127. The molecule has 100 valence electrons. The molecule has 5 heteroatoms. The minimum absolute atomic E-state index is 0.0856. The molecule has 1 atom stereocenters. The highest BCUT2D eigenvalue weighted by Crippen LogP contribution is 2.36. The van der Waals surface area contributed by atoms with Crippen LogP contribution in [0.2, 0.25) is 0 Å². The van der Waals surface area contributed by atoms with Gasteiger partial charge < -0.3 is 0 Å². The molecule has 0 radical (unpaired) electrons. The number of benzene rings is 2. The zero-order valence-electron chi connectivity index (χ0n) is 9.85. The van der Waals surface area contributed by atoms with Gasteiger partial charge in [0.1, 0.15) is 5.82 Å². The van der Waals surface area contributed by atoms with Gasteiger partial charge in [0.05, 0.1) is 4.83 Å². The zero-order valence-corrected chi connectivity index (χ0v) is 13.6. The smallest absolute Gasteiger partial charge is 0.161 e. The Labute approximate surface area is 131 Å². The summed E-state index contributed by atoms with van der Waals surface area (Å²) in [4.78, 5) is -0.519. The Balaban J connectivity index is 2.53. The summed E-state index contributed by atoms with van der Waals surface area (Å²) in [5.41, 5.74) is 1.96. The van der Waals surface area contributed by atoms with Gasteiger partial charge in [-0.1, -0.05) is 34.1 Å². The second-order valence-corrected chi connectivity index (χ2v) is 6.12. The van der Waals surface area contributed by atoms with Crippen LogP contribution >= 0.6 is 38.5 Å². The van der Waals surface area contributed by atoms with Crippen molar-refractivity contribution < 1.29 is 13.2 Å². The summed E-state index contributed by atoms with van der Waals surface area (Å²) < 4.78 is 40.9. The molecule has 0 aliphatic carbocycles. The Morgan fingerprint density at radius 3 is 2.32 bits per heavy atom. The van der Waals surface area contributed by atoms with Crippen molar-refractivity contribution in [3.05, 3.63) is 68.0 Å². The first-order chi connectivity index (χ1) is 8.91. The first-order valence-corrected chi connectivity index (χ1v) is 7.44. The lowest BCUT2D eigenvalue weighted by atomic mass is 10.0. The van der Waals surface area contributed by atoms with E-state index in [4.69, 9.17) is 0 Å². The largest absolute Gasteiger partial charge is 0.207 e. The molecule has 0 amide bonds. The van der Waals surface area contributed by atoms with Crippen molar-refractivity contribution in [2.45, 2.75) is 11.8 Å². The maximum absolute atomic E-state index is 13.8. The minimum atomic E-state index is -1.18. The van der Waals surface area contributed by atoms with Gasteiger partial charge in [-0.25, -0.2) is 13.2 Å². The van der Waals surface area contributed by atoms with E-state index >= 15 is 0 Å². The summed E-state index contributed by atoms with van der Waals surface area (Å²) in [5, 5.41) is 0. The molecule has 0 saturated carbocycles. The molecule has 0 heterocycles. The number of aryl methyl sites for hydroxylation is 1. The second-order valence-electron chi connectivity index (χ2n) is 4.13. The number of halogens is 5. The van der Waals surface area contributed by atoms with Crippen molar-refractivity contribution in [3.63, 3.8) is 0 Å². The van der Waals surface area contributed by atoms with Gasteiger partial charge in [-0.15, -0.1) is 0 Å². The summed E-state index contributed by atoms with van der Waals surface area (Å²) >= 11 is 5.51. The highest BCUT2D eigenvalue weighted by molar-refractivity contribution is 14.1. The van der Waals surface area contributed by atoms with Crippen molar-refractivity contribution in [2.24, 2.45) is 0 Å². The van der Waals surface area contributed by atoms with E-state index in [9.17, 15) is 13.2 Å². The van der Waals surface area contributed by atoms with E-state index in [0.29, 0.717) is 6.07 Å². The fourth-order valence-electron chi connectivity index (χ4n) is 1.77. The summed E-state index contributed by atoms with van der Waals surface area (Å²) in [6, 6.07) is 7.07. The average molecular weight is 441 g/mol. The number of hydrogen-bond donors (Lipinski definition) is 0. The van der Waals surface area contributed by atoms with Crippen LogP contribution < -0.4 is 0 Å². The van der Waals surface area contributed by atoms with Crippen LogP contribution in [0.4, 0.5) is 13.2 Å². The molecular formula is C14H9BrF3I. The van der Waals surface area contributed by atoms with Crippen molar-refractivity contribution in [1.29, 1.82) is 0 Å². The fourth-order valence-corrected chi connectivity index (χ4v) is 3.60. The van der Waals surface area contributed by atoms with Crippen LogP contribution in [-0.4, -0.2) is 0 Å². The van der Waals surface area contributed by atoms with E-state index in [1.165, 1.54) is 0 Å². The lowest BCUT2D eigenvalue weighted by Gasteiger charge is -2.15. The Morgan fingerprint density at radius 2 is 1.63 bits per heavy atom. The predicted molar refractivity (Wildman–Crippen MR) is 81.0 cm³/mol. The molecule has 0 aliphatic heterocycles. The molecule has 0 aromatic heterocycles. The van der Waals surface area contributed by atoms with Crippen LogP contribution in [0.1, 0.15) is 21.5 Å². The third-order valence-corrected chi connectivity index (χ3v) is 5.27. The fraction of sp³-hybridized carbons (Fsp3) is 0.143. The van der Waals surface area contributed by atoms with Crippen LogP contribution in [0.5, 0.6) is 0 Å². The highest BCUT2D eigenvalue weighted by Gasteiger charge is 2.20. The lowest BCUT2D eigenvalue weighted by molar-refractivity contribution is 0.491. The van der Waals surface area contributed by atoms with Gasteiger partial charge in [0.25, 0.3) is 0 Å². The normalized spacial score (nSPS) is 12.5. The standard InChI is InChI=1S/C14H9BrF3I/c1-7-3-2-4-8(14(7)19)13(15)9-5-11(17)12(18)6-10(9)16/h2-6,13H,1H3. The van der Waals surface area contributed by atoms with Gasteiger partial charge in [-0.05, 0) is 46.7 Å². The van der Waals surface area contributed by atoms with Gasteiger partial charge in [0.15, 0.2) is 11.6 Å². The summed E-state index contributed by atoms with van der Waals surface area (Å²) in [7, 11) is 0. The number of alkyl halides is 1. The summed E-state index contributed by atoms with van der Waals surface area (Å²) in [6.45, 7) is 1.94. The van der Waals surface area contributed by atoms with Crippen LogP contribution in [0.3, 0.4) is 0 Å². The second kappa shape index (κ2) is 5.83. The van der Waals surface area contributed by atoms with Crippen LogP contribution in [0.15, 0.2) is 30.3 Å². The first kappa shape index (κ1) is 14.8. The molecule has 2 aromatic carbocycles. The first-order valence-electron chi connectivity index (χ1n) is 5.45. The number of rotatable bonds is 2. The monoisotopic (exact) mass is 440 g/mol.